The number of nitrogens with zero attached hydrogens (tertiary/aromatic N) is 4. The maximum Gasteiger partial charge on any atom is 0.229 e. The number of methoxy groups -OCH3 is 2. The highest BCUT2D eigenvalue weighted by atomic mass is 16.5. The zero-order valence-corrected chi connectivity index (χ0v) is 44.5. The maximum absolute atomic E-state index is 13.7. The highest BCUT2D eigenvalue weighted by Crippen LogP contribution is 2.35. The number of carbonyl (C=O) groups is 2. The summed E-state index contributed by atoms with van der Waals surface area (Å²) in [4.78, 5) is 40.0. The Morgan fingerprint density at radius 2 is 0.973 bits per heavy atom. The number of aliphatic hydroxyl groups is 1. The summed E-state index contributed by atoms with van der Waals surface area (Å²) in [7, 11) is 3.36. The number of benzene rings is 6. The van der Waals surface area contributed by atoms with Gasteiger partial charge in [-0.3, -0.25) is 19.4 Å². The van der Waals surface area contributed by atoms with E-state index < -0.39 is 0 Å². The van der Waals surface area contributed by atoms with Gasteiger partial charge >= 0.3 is 0 Å². The number of hydrogen-bond donors (Lipinski definition) is 2. The lowest BCUT2D eigenvalue weighted by Crippen LogP contribution is -2.34. The van der Waals surface area contributed by atoms with Crippen LogP contribution in [0.15, 0.2) is 146 Å². The van der Waals surface area contributed by atoms with Crippen LogP contribution in [0.2, 0.25) is 0 Å². The van der Waals surface area contributed by atoms with Crippen LogP contribution in [-0.4, -0.2) is 59.4 Å². The van der Waals surface area contributed by atoms with Gasteiger partial charge in [-0.05, 0) is 153 Å². The zero-order valence-electron chi connectivity index (χ0n) is 44.5. The molecule has 0 saturated carbocycles. The highest BCUT2D eigenvalue weighted by molar-refractivity contribution is 6.03. The molecule has 8 rings (SSSR count). The zero-order chi connectivity index (χ0) is 53.2. The first-order valence-corrected chi connectivity index (χ1v) is 25.1. The molecule has 74 heavy (non-hydrogen) atoms. The van der Waals surface area contributed by atoms with E-state index in [4.69, 9.17) is 19.3 Å². The van der Waals surface area contributed by atoms with Crippen molar-refractivity contribution in [2.75, 3.05) is 37.2 Å². The molecule has 0 aliphatic rings. The number of rotatable bonds is 16. The quantitative estimate of drug-likeness (QED) is 0.0907. The van der Waals surface area contributed by atoms with Crippen molar-refractivity contribution >= 4 is 45.0 Å². The largest absolute Gasteiger partial charge is 0.508 e. The molecule has 0 atom stereocenters. The minimum atomic E-state index is -0.163. The van der Waals surface area contributed by atoms with Crippen molar-refractivity contribution in [3.63, 3.8) is 0 Å². The number of aliphatic hydroxyl groups excluding tert-OH is 1. The smallest absolute Gasteiger partial charge is 0.229 e. The Bertz CT molecular complexity index is 3210. The average Bonchev–Trinajstić information content (AvgIpc) is 3.36. The molecule has 2 aromatic heterocycles. The van der Waals surface area contributed by atoms with Crippen LogP contribution in [0, 0.1) is 24.7 Å². The molecular weight excluding hydrogens is 925 g/mol. The molecule has 0 saturated heterocycles. The van der Waals surface area contributed by atoms with Gasteiger partial charge in [0.05, 0.1) is 33.9 Å². The number of ether oxygens (including phenoxy) is 3. The number of amides is 2. The van der Waals surface area contributed by atoms with Crippen molar-refractivity contribution in [2.45, 2.75) is 87.7 Å². The van der Waals surface area contributed by atoms with E-state index in [9.17, 15) is 14.7 Å². The molecule has 0 bridgehead atoms. The van der Waals surface area contributed by atoms with Crippen molar-refractivity contribution in [2.24, 2.45) is 10.8 Å². The third-order valence-electron chi connectivity index (χ3n) is 12.5. The van der Waals surface area contributed by atoms with Crippen LogP contribution in [-0.2, 0) is 22.7 Å². The van der Waals surface area contributed by atoms with E-state index >= 15 is 0 Å². The summed E-state index contributed by atoms with van der Waals surface area (Å²) in [5, 5.41) is 22.5. The van der Waals surface area contributed by atoms with Gasteiger partial charge in [0.15, 0.2) is 0 Å². The van der Waals surface area contributed by atoms with Crippen LogP contribution in [0.5, 0.6) is 23.0 Å². The molecule has 2 amide bonds. The van der Waals surface area contributed by atoms with Crippen LogP contribution in [0.25, 0.3) is 43.8 Å². The fourth-order valence-corrected chi connectivity index (χ4v) is 8.81. The number of phenolic OH excluding ortho intramolecular Hbond substituents is 1. The lowest BCUT2D eigenvalue weighted by Gasteiger charge is -2.27. The van der Waals surface area contributed by atoms with E-state index in [1.54, 1.807) is 48.5 Å². The number of pyridine rings is 2. The van der Waals surface area contributed by atoms with E-state index in [2.05, 4.69) is 124 Å². The molecular formula is C63H70N4O7. The normalized spacial score (nSPS) is 11.4. The molecule has 2 N–H and O–H groups in total. The second kappa shape index (κ2) is 23.9. The topological polar surface area (TPSA) is 135 Å². The fourth-order valence-electron chi connectivity index (χ4n) is 8.81. The van der Waals surface area contributed by atoms with Crippen LogP contribution in [0.3, 0.4) is 0 Å². The lowest BCUT2D eigenvalue weighted by molar-refractivity contribution is -0.121. The average molecular weight is 995 g/mol. The molecule has 0 fully saturated rings. The summed E-state index contributed by atoms with van der Waals surface area (Å²) in [6.07, 6.45) is 4.79. The number of aromatic hydroxyl groups is 1. The molecule has 384 valence electrons. The number of anilines is 2. The van der Waals surface area contributed by atoms with Crippen molar-refractivity contribution < 1.29 is 34.0 Å². The highest BCUT2D eigenvalue weighted by Gasteiger charge is 2.27. The second-order valence-electron chi connectivity index (χ2n) is 21.2. The predicted octanol–water partition coefficient (Wildman–Crippen LogP) is 13.8. The summed E-state index contributed by atoms with van der Waals surface area (Å²) in [6.45, 7) is 17.8. The van der Waals surface area contributed by atoms with Crippen LogP contribution in [0.4, 0.5) is 11.6 Å². The Labute approximate surface area is 436 Å². The maximum atomic E-state index is 13.7. The Kier molecular flexibility index (Phi) is 17.4. The number of hydrogen-bond acceptors (Lipinski definition) is 9. The summed E-state index contributed by atoms with van der Waals surface area (Å²) < 4.78 is 16.5. The summed E-state index contributed by atoms with van der Waals surface area (Å²) >= 11 is 0. The molecule has 0 aliphatic heterocycles. The van der Waals surface area contributed by atoms with Gasteiger partial charge < -0.3 is 24.4 Å². The van der Waals surface area contributed by atoms with Crippen molar-refractivity contribution in [1.82, 2.24) is 9.97 Å². The summed E-state index contributed by atoms with van der Waals surface area (Å²) in [5.41, 5.74) is 8.33. The van der Waals surface area contributed by atoms with E-state index in [0.717, 1.165) is 83.3 Å². The third-order valence-corrected chi connectivity index (χ3v) is 12.5. The minimum absolute atomic E-state index is 0.0143. The Morgan fingerprint density at radius 1 is 0.541 bits per heavy atom. The predicted molar refractivity (Wildman–Crippen MR) is 299 cm³/mol. The van der Waals surface area contributed by atoms with Gasteiger partial charge in [0, 0.05) is 49.0 Å². The number of aromatic nitrogens is 2. The van der Waals surface area contributed by atoms with Gasteiger partial charge in [-0.1, -0.05) is 102 Å². The van der Waals surface area contributed by atoms with Crippen LogP contribution in [0.1, 0.15) is 83.1 Å². The standard InChI is InChI=1S/C33H38N2O4.C30H32N2O3/c1-23-19-26(11-14-30(23)38-5)25-9-7-24(8-10-25)22-35(31(37)21-33(2,3)4)32-29-13-12-28(39-18-6-17-36)20-27(29)15-16-34-32;1-20-16-23(10-13-27(20)35-5)22-8-6-21(7-9-22)19-32(28(34)18-30(2,3)4)29-26-12-11-25(33)17-24(26)14-15-31-29/h7-16,19-20,36H,6,17-18,21-22H2,1-5H3;6-17,33H,18-19H2,1-5H3. The molecule has 0 spiro atoms. The van der Waals surface area contributed by atoms with Crippen molar-refractivity contribution in [3.8, 4) is 45.3 Å². The van der Waals surface area contributed by atoms with E-state index in [1.807, 2.05) is 62.4 Å². The van der Waals surface area contributed by atoms with Gasteiger partial charge in [-0.2, -0.15) is 0 Å². The van der Waals surface area contributed by atoms with Crippen molar-refractivity contribution in [3.05, 3.63) is 168 Å². The monoisotopic (exact) mass is 995 g/mol. The van der Waals surface area contributed by atoms with Gasteiger partial charge in [-0.15, -0.1) is 0 Å². The molecule has 0 unspecified atom stereocenters. The van der Waals surface area contributed by atoms with Crippen LogP contribution >= 0.6 is 0 Å². The first kappa shape index (κ1) is 54.0. The van der Waals surface area contributed by atoms with Gasteiger partial charge in [-0.25, -0.2) is 9.97 Å². The lowest BCUT2D eigenvalue weighted by atomic mass is 9.91. The molecule has 8 aromatic rings. The third kappa shape index (κ3) is 14.0. The van der Waals surface area contributed by atoms with E-state index in [1.165, 1.54) is 0 Å². The summed E-state index contributed by atoms with van der Waals surface area (Å²) in [6, 6.07) is 43.6. The fraction of sp³-hybridized carbons (Fsp3) is 0.302. The molecule has 11 nitrogen and oxygen atoms in total. The number of fused-ring (bicyclic) bond motifs is 2. The Hall–Kier alpha value is -7.76. The van der Waals surface area contributed by atoms with Crippen LogP contribution < -0.4 is 24.0 Å². The van der Waals surface area contributed by atoms with Gasteiger partial charge in [0.1, 0.15) is 34.6 Å². The number of phenols is 1. The first-order valence-electron chi connectivity index (χ1n) is 25.1. The van der Waals surface area contributed by atoms with Gasteiger partial charge in [0.2, 0.25) is 11.8 Å². The van der Waals surface area contributed by atoms with E-state index in [0.29, 0.717) is 50.6 Å². The number of aryl methyl sites for hydroxylation is 2. The SMILES string of the molecule is COc1ccc(-c2ccc(CN(C(=O)CC(C)(C)C)c3nccc4cc(O)ccc34)cc2)cc1C.COc1ccc(-c2ccc(CN(C(=O)CC(C)(C)C)c3nccc4cc(OCCCO)ccc34)cc2)cc1C. The van der Waals surface area contributed by atoms with Gasteiger partial charge in [0.25, 0.3) is 0 Å². The molecule has 0 radical (unpaired) electrons. The Balaban J connectivity index is 0.000000217. The second-order valence-corrected chi connectivity index (χ2v) is 21.2. The number of carbonyl (C=O) groups excluding carboxylic acids is 2. The Morgan fingerprint density at radius 3 is 1.39 bits per heavy atom. The summed E-state index contributed by atoms with van der Waals surface area (Å²) in [5.74, 6) is 3.94. The van der Waals surface area contributed by atoms with E-state index in [-0.39, 0.29) is 35.0 Å². The molecule has 2 heterocycles. The molecule has 11 heteroatoms. The van der Waals surface area contributed by atoms with Crippen molar-refractivity contribution in [1.29, 1.82) is 0 Å². The molecule has 0 aliphatic carbocycles. The minimum Gasteiger partial charge on any atom is -0.508 e. The molecule has 6 aromatic carbocycles. The first-order chi connectivity index (χ1) is 35.3.